The summed E-state index contributed by atoms with van der Waals surface area (Å²) in [7, 11) is 0. The van der Waals surface area contributed by atoms with Crippen LogP contribution in [0.15, 0.2) is 0 Å². The molecular weight excluding hydrogens is 252 g/mol. The fraction of sp³-hybridized carbons (Fsp3) is 0.938. The molecule has 4 heteroatoms. The SMILES string of the molecule is CCCCCOC(=O)NCC1(C)CC(N)CC(C)(C)C1. The van der Waals surface area contributed by atoms with E-state index in [1.807, 2.05) is 0 Å². The highest BCUT2D eigenvalue weighted by Gasteiger charge is 2.40. The highest BCUT2D eigenvalue weighted by molar-refractivity contribution is 5.67. The van der Waals surface area contributed by atoms with Gasteiger partial charge in [0.15, 0.2) is 0 Å². The Kier molecular flexibility index (Phi) is 6.31. The van der Waals surface area contributed by atoms with Gasteiger partial charge in [-0.15, -0.1) is 0 Å². The Bertz CT molecular complexity index is 318. The Morgan fingerprint density at radius 3 is 2.60 bits per heavy atom. The summed E-state index contributed by atoms with van der Waals surface area (Å²) in [4.78, 5) is 11.7. The Labute approximate surface area is 123 Å². The number of alkyl carbamates (subject to hydrolysis) is 1. The molecule has 0 aliphatic heterocycles. The third-order valence-corrected chi connectivity index (χ3v) is 4.12. The fourth-order valence-electron chi connectivity index (χ4n) is 3.70. The monoisotopic (exact) mass is 284 g/mol. The first-order chi connectivity index (χ1) is 9.26. The quantitative estimate of drug-likeness (QED) is 0.734. The van der Waals surface area contributed by atoms with Crippen LogP contribution in [0.2, 0.25) is 0 Å². The van der Waals surface area contributed by atoms with Crippen LogP contribution in [0.3, 0.4) is 0 Å². The number of carbonyl (C=O) groups is 1. The maximum atomic E-state index is 11.7. The molecule has 2 unspecified atom stereocenters. The van der Waals surface area contributed by atoms with Gasteiger partial charge >= 0.3 is 6.09 Å². The van der Waals surface area contributed by atoms with E-state index in [4.69, 9.17) is 10.5 Å². The van der Waals surface area contributed by atoms with Gasteiger partial charge in [-0.3, -0.25) is 0 Å². The molecule has 0 spiro atoms. The Hall–Kier alpha value is -0.770. The van der Waals surface area contributed by atoms with Crippen molar-refractivity contribution >= 4 is 6.09 Å². The number of nitrogens with two attached hydrogens (primary N) is 1. The van der Waals surface area contributed by atoms with Gasteiger partial charge in [-0.1, -0.05) is 40.5 Å². The molecule has 0 bridgehead atoms. The van der Waals surface area contributed by atoms with Crippen molar-refractivity contribution in [1.29, 1.82) is 0 Å². The Morgan fingerprint density at radius 2 is 2.00 bits per heavy atom. The van der Waals surface area contributed by atoms with Gasteiger partial charge in [0.25, 0.3) is 0 Å². The van der Waals surface area contributed by atoms with Crippen LogP contribution >= 0.6 is 0 Å². The molecule has 4 nitrogen and oxygen atoms in total. The molecule has 1 rings (SSSR count). The van der Waals surface area contributed by atoms with Crippen LogP contribution in [-0.2, 0) is 4.74 Å². The number of hydrogen-bond acceptors (Lipinski definition) is 3. The molecule has 0 aromatic carbocycles. The summed E-state index contributed by atoms with van der Waals surface area (Å²) < 4.78 is 5.18. The van der Waals surface area contributed by atoms with Crippen LogP contribution in [0.5, 0.6) is 0 Å². The van der Waals surface area contributed by atoms with E-state index in [-0.39, 0.29) is 23.0 Å². The zero-order chi connectivity index (χ0) is 15.2. The molecular formula is C16H32N2O2. The predicted octanol–water partition coefficient (Wildman–Crippen LogP) is 3.45. The molecule has 0 saturated heterocycles. The van der Waals surface area contributed by atoms with Gasteiger partial charge in [0.05, 0.1) is 6.61 Å². The molecule has 1 fully saturated rings. The molecule has 2 atom stereocenters. The van der Waals surface area contributed by atoms with Crippen molar-refractivity contribution in [3.8, 4) is 0 Å². The van der Waals surface area contributed by atoms with Crippen LogP contribution in [0.4, 0.5) is 4.79 Å². The molecule has 0 heterocycles. The minimum Gasteiger partial charge on any atom is -0.450 e. The Morgan fingerprint density at radius 1 is 1.30 bits per heavy atom. The highest BCUT2D eigenvalue weighted by Crippen LogP contribution is 2.45. The van der Waals surface area contributed by atoms with Crippen molar-refractivity contribution < 1.29 is 9.53 Å². The van der Waals surface area contributed by atoms with Crippen LogP contribution < -0.4 is 11.1 Å². The largest absolute Gasteiger partial charge is 0.450 e. The fourth-order valence-corrected chi connectivity index (χ4v) is 3.70. The van der Waals surface area contributed by atoms with E-state index in [0.717, 1.165) is 38.5 Å². The first-order valence-corrected chi connectivity index (χ1v) is 7.93. The molecule has 1 saturated carbocycles. The summed E-state index contributed by atoms with van der Waals surface area (Å²) in [6, 6.07) is 0.228. The van der Waals surface area contributed by atoms with Crippen molar-refractivity contribution in [3.63, 3.8) is 0 Å². The normalized spacial score (nSPS) is 28.9. The van der Waals surface area contributed by atoms with Crippen LogP contribution in [-0.4, -0.2) is 25.3 Å². The van der Waals surface area contributed by atoms with E-state index in [1.165, 1.54) is 0 Å². The van der Waals surface area contributed by atoms with Crippen molar-refractivity contribution in [2.75, 3.05) is 13.2 Å². The molecule has 1 aliphatic rings. The average molecular weight is 284 g/mol. The highest BCUT2D eigenvalue weighted by atomic mass is 16.5. The molecule has 0 radical (unpaired) electrons. The lowest BCUT2D eigenvalue weighted by molar-refractivity contribution is 0.0776. The zero-order valence-electron chi connectivity index (χ0n) is 13.6. The van der Waals surface area contributed by atoms with E-state index in [0.29, 0.717) is 13.2 Å². The van der Waals surface area contributed by atoms with E-state index in [9.17, 15) is 4.79 Å². The molecule has 0 aromatic heterocycles. The topological polar surface area (TPSA) is 64.3 Å². The van der Waals surface area contributed by atoms with E-state index in [2.05, 4.69) is 33.0 Å². The number of rotatable bonds is 6. The summed E-state index contributed by atoms with van der Waals surface area (Å²) in [5, 5.41) is 2.91. The van der Waals surface area contributed by atoms with Gasteiger partial charge < -0.3 is 15.8 Å². The van der Waals surface area contributed by atoms with Crippen LogP contribution in [0, 0.1) is 10.8 Å². The molecule has 0 aromatic rings. The lowest BCUT2D eigenvalue weighted by atomic mass is 9.63. The summed E-state index contributed by atoms with van der Waals surface area (Å²) in [6.07, 6.45) is 6.00. The van der Waals surface area contributed by atoms with Crippen molar-refractivity contribution in [2.45, 2.75) is 72.3 Å². The van der Waals surface area contributed by atoms with Gasteiger partial charge in [0.1, 0.15) is 0 Å². The van der Waals surface area contributed by atoms with Gasteiger partial charge in [0, 0.05) is 12.6 Å². The molecule has 3 N–H and O–H groups in total. The third kappa shape index (κ3) is 6.12. The first kappa shape index (κ1) is 17.3. The number of carbonyl (C=O) groups excluding carboxylic acids is 1. The second-order valence-electron chi connectivity index (χ2n) is 7.52. The number of amides is 1. The van der Waals surface area contributed by atoms with E-state index in [1.54, 1.807) is 0 Å². The van der Waals surface area contributed by atoms with Crippen LogP contribution in [0.25, 0.3) is 0 Å². The van der Waals surface area contributed by atoms with Crippen molar-refractivity contribution in [3.05, 3.63) is 0 Å². The van der Waals surface area contributed by atoms with Crippen molar-refractivity contribution in [2.24, 2.45) is 16.6 Å². The molecule has 1 aliphatic carbocycles. The number of nitrogens with one attached hydrogen (secondary N) is 1. The maximum Gasteiger partial charge on any atom is 0.407 e. The number of unbranched alkanes of at least 4 members (excludes halogenated alkanes) is 2. The second kappa shape index (κ2) is 7.30. The minimum absolute atomic E-state index is 0.0730. The average Bonchev–Trinajstić information content (AvgIpc) is 2.29. The predicted molar refractivity (Wildman–Crippen MR) is 82.6 cm³/mol. The molecule has 1 amide bonds. The lowest BCUT2D eigenvalue weighted by Crippen LogP contribution is -2.47. The smallest absolute Gasteiger partial charge is 0.407 e. The van der Waals surface area contributed by atoms with Crippen molar-refractivity contribution in [1.82, 2.24) is 5.32 Å². The first-order valence-electron chi connectivity index (χ1n) is 7.93. The van der Waals surface area contributed by atoms with Gasteiger partial charge in [0.2, 0.25) is 0 Å². The second-order valence-corrected chi connectivity index (χ2v) is 7.52. The number of hydrogen-bond donors (Lipinski definition) is 2. The van der Waals surface area contributed by atoms with Gasteiger partial charge in [-0.25, -0.2) is 4.79 Å². The standard InChI is InChI=1S/C16H32N2O2/c1-5-6-7-8-20-14(19)18-12-16(4)10-13(17)9-15(2,3)11-16/h13H,5-12,17H2,1-4H3,(H,18,19). The Balaban J connectivity index is 2.33. The molecule has 118 valence electrons. The van der Waals surface area contributed by atoms with E-state index >= 15 is 0 Å². The van der Waals surface area contributed by atoms with Gasteiger partial charge in [-0.05, 0) is 36.5 Å². The third-order valence-electron chi connectivity index (χ3n) is 4.12. The minimum atomic E-state index is -0.292. The summed E-state index contributed by atoms with van der Waals surface area (Å²) in [5.41, 5.74) is 6.48. The summed E-state index contributed by atoms with van der Waals surface area (Å²) in [6.45, 7) is 10.0. The summed E-state index contributed by atoms with van der Waals surface area (Å²) >= 11 is 0. The van der Waals surface area contributed by atoms with Gasteiger partial charge in [-0.2, -0.15) is 0 Å². The van der Waals surface area contributed by atoms with Crippen LogP contribution in [0.1, 0.15) is 66.2 Å². The lowest BCUT2D eigenvalue weighted by Gasteiger charge is -2.45. The number of ether oxygens (including phenoxy) is 1. The van der Waals surface area contributed by atoms with E-state index < -0.39 is 0 Å². The zero-order valence-corrected chi connectivity index (χ0v) is 13.6. The maximum absolute atomic E-state index is 11.7. The molecule has 20 heavy (non-hydrogen) atoms. The summed E-state index contributed by atoms with van der Waals surface area (Å²) in [5.74, 6) is 0.